The average molecular weight is 700 g/mol. The number of carbonyl (C=O) groups is 2. The monoisotopic (exact) mass is 699 g/mol. The van der Waals surface area contributed by atoms with Crippen molar-refractivity contribution in [3.63, 3.8) is 0 Å². The normalized spacial score (nSPS) is 13.0. The second kappa shape index (κ2) is 18.4. The Morgan fingerprint density at radius 3 is 1.56 bits per heavy atom. The van der Waals surface area contributed by atoms with Crippen LogP contribution in [0.1, 0.15) is 135 Å². The summed E-state index contributed by atoms with van der Waals surface area (Å²) in [6, 6.07) is 18.4. The second-order valence-electron chi connectivity index (χ2n) is 13.4. The molecule has 0 spiro atoms. The highest BCUT2D eigenvalue weighted by atomic mass is 32.2. The zero-order valence-corrected chi connectivity index (χ0v) is 31.9. The standard InChI is InChI=1S/C42H53NO2S3/c1-5-9-12-14-17-31-23-37(46-41(31)28-44)33-19-21-35-39(25-33)48-40-26-34(20-22-36(40)43(35)27-30(8-4)16-11-7-3)38-24-32(42(29-45)47-38)18-15-13-10-6-2/h19-26,28-30H,5-18,27H2,1-4H3. The predicted octanol–water partition coefficient (Wildman–Crippen LogP) is 13.8. The maximum absolute atomic E-state index is 12.0. The Morgan fingerprint density at radius 1 is 0.625 bits per heavy atom. The first-order valence-corrected chi connectivity index (χ1v) is 20.9. The topological polar surface area (TPSA) is 37.4 Å². The van der Waals surface area contributed by atoms with Crippen LogP contribution in [0, 0.1) is 5.92 Å². The largest absolute Gasteiger partial charge is 0.339 e. The highest BCUT2D eigenvalue weighted by molar-refractivity contribution is 7.99. The van der Waals surface area contributed by atoms with Crippen LogP contribution in [0.4, 0.5) is 11.4 Å². The molecule has 1 unspecified atom stereocenters. The molecule has 0 aliphatic carbocycles. The Bertz CT molecular complexity index is 1540. The van der Waals surface area contributed by atoms with Gasteiger partial charge in [-0.3, -0.25) is 9.59 Å². The van der Waals surface area contributed by atoms with E-state index in [9.17, 15) is 9.59 Å². The van der Waals surface area contributed by atoms with E-state index in [0.29, 0.717) is 5.92 Å². The van der Waals surface area contributed by atoms with Crippen molar-refractivity contribution in [2.24, 2.45) is 5.92 Å². The summed E-state index contributed by atoms with van der Waals surface area (Å²) in [4.78, 5) is 33.3. The lowest BCUT2D eigenvalue weighted by Crippen LogP contribution is -2.27. The number of unbranched alkanes of at least 4 members (excludes halogenated alkanes) is 7. The van der Waals surface area contributed by atoms with Gasteiger partial charge in [0.05, 0.1) is 21.1 Å². The van der Waals surface area contributed by atoms with Gasteiger partial charge in [-0.15, -0.1) is 22.7 Å². The van der Waals surface area contributed by atoms with Crippen LogP contribution in [-0.2, 0) is 12.8 Å². The van der Waals surface area contributed by atoms with Gasteiger partial charge in [-0.1, -0.05) is 109 Å². The number of fused-ring (bicyclic) bond motifs is 2. The molecule has 0 saturated heterocycles. The highest BCUT2D eigenvalue weighted by Gasteiger charge is 2.27. The molecule has 48 heavy (non-hydrogen) atoms. The van der Waals surface area contributed by atoms with Gasteiger partial charge in [-0.25, -0.2) is 0 Å². The number of hydrogen-bond acceptors (Lipinski definition) is 6. The van der Waals surface area contributed by atoms with Crippen LogP contribution in [0.25, 0.3) is 20.9 Å². The molecule has 1 atom stereocenters. The molecule has 6 heteroatoms. The Labute approximate surface area is 301 Å². The molecular weight excluding hydrogens is 647 g/mol. The number of benzene rings is 2. The highest BCUT2D eigenvalue weighted by Crippen LogP contribution is 2.51. The number of carbonyl (C=O) groups excluding carboxylic acids is 2. The van der Waals surface area contributed by atoms with Crippen molar-refractivity contribution < 1.29 is 9.59 Å². The van der Waals surface area contributed by atoms with Gasteiger partial charge in [0.15, 0.2) is 12.6 Å². The fourth-order valence-electron chi connectivity index (χ4n) is 6.81. The average Bonchev–Trinajstić information content (AvgIpc) is 3.73. The SMILES string of the molecule is CCCCCCc1cc(-c2ccc3c(c2)Sc2cc(-c4cc(CCCCCC)c(C=O)s4)ccc2N3CC(CC)CCCC)sc1C=O. The van der Waals surface area contributed by atoms with E-state index in [1.807, 2.05) is 11.8 Å². The van der Waals surface area contributed by atoms with Gasteiger partial charge in [-0.05, 0) is 96.7 Å². The molecule has 1 aliphatic rings. The second-order valence-corrected chi connectivity index (χ2v) is 16.6. The lowest BCUT2D eigenvalue weighted by molar-refractivity contribution is 0.111. The molecule has 0 amide bonds. The first-order chi connectivity index (χ1) is 23.5. The number of aldehydes is 2. The van der Waals surface area contributed by atoms with Crippen LogP contribution < -0.4 is 4.90 Å². The van der Waals surface area contributed by atoms with Crippen LogP contribution in [0.3, 0.4) is 0 Å². The summed E-state index contributed by atoms with van der Waals surface area (Å²) in [5.41, 5.74) is 7.32. The molecule has 5 rings (SSSR count). The summed E-state index contributed by atoms with van der Waals surface area (Å²) in [6.07, 6.45) is 18.6. The minimum atomic E-state index is 0.624. The van der Waals surface area contributed by atoms with Crippen molar-refractivity contribution in [2.75, 3.05) is 11.4 Å². The lowest BCUT2D eigenvalue weighted by Gasteiger charge is -2.35. The molecule has 0 fully saturated rings. The van der Waals surface area contributed by atoms with Gasteiger partial charge in [0.2, 0.25) is 0 Å². The van der Waals surface area contributed by atoms with E-state index < -0.39 is 0 Å². The lowest BCUT2D eigenvalue weighted by atomic mass is 9.97. The number of aryl methyl sites for hydroxylation is 2. The number of thiophene rings is 2. The van der Waals surface area contributed by atoms with Crippen LogP contribution in [-0.4, -0.2) is 19.1 Å². The maximum Gasteiger partial charge on any atom is 0.160 e. The molecule has 0 saturated carbocycles. The molecule has 3 heterocycles. The first-order valence-electron chi connectivity index (χ1n) is 18.4. The van der Waals surface area contributed by atoms with E-state index in [4.69, 9.17) is 0 Å². The van der Waals surface area contributed by atoms with Crippen molar-refractivity contribution in [1.29, 1.82) is 0 Å². The van der Waals surface area contributed by atoms with Crippen LogP contribution >= 0.6 is 34.4 Å². The summed E-state index contributed by atoms with van der Waals surface area (Å²) < 4.78 is 0. The number of rotatable bonds is 20. The Kier molecular flexibility index (Phi) is 14.0. The predicted molar refractivity (Wildman–Crippen MR) is 210 cm³/mol. The molecule has 0 bridgehead atoms. The number of nitrogens with zero attached hydrogens (tertiary/aromatic N) is 1. The van der Waals surface area contributed by atoms with Crippen molar-refractivity contribution in [1.82, 2.24) is 0 Å². The van der Waals surface area contributed by atoms with Crippen molar-refractivity contribution in [2.45, 2.75) is 127 Å². The van der Waals surface area contributed by atoms with E-state index in [2.05, 4.69) is 81.1 Å². The van der Waals surface area contributed by atoms with E-state index >= 15 is 0 Å². The van der Waals surface area contributed by atoms with Crippen LogP contribution in [0.5, 0.6) is 0 Å². The molecular formula is C42H53NO2S3. The van der Waals surface area contributed by atoms with Gasteiger partial charge >= 0.3 is 0 Å². The van der Waals surface area contributed by atoms with Crippen molar-refractivity contribution in [3.05, 3.63) is 69.4 Å². The van der Waals surface area contributed by atoms with E-state index in [0.717, 1.165) is 54.6 Å². The van der Waals surface area contributed by atoms with Gasteiger partial charge in [0, 0.05) is 26.1 Å². The Hall–Kier alpha value is -2.67. The molecule has 3 nitrogen and oxygen atoms in total. The molecule has 0 radical (unpaired) electrons. The molecule has 256 valence electrons. The molecule has 4 aromatic rings. The molecule has 2 aromatic heterocycles. The van der Waals surface area contributed by atoms with Gasteiger partial charge in [0.25, 0.3) is 0 Å². The van der Waals surface area contributed by atoms with E-state index in [-0.39, 0.29) is 0 Å². The van der Waals surface area contributed by atoms with Crippen LogP contribution in [0.2, 0.25) is 0 Å². The quantitative estimate of drug-likeness (QED) is 0.0680. The van der Waals surface area contributed by atoms with Gasteiger partial charge < -0.3 is 4.90 Å². The van der Waals surface area contributed by atoms with Gasteiger partial charge in [-0.2, -0.15) is 0 Å². The zero-order chi connectivity index (χ0) is 33.9. The number of anilines is 2. The minimum absolute atomic E-state index is 0.624. The first kappa shape index (κ1) is 36.6. The van der Waals surface area contributed by atoms with Crippen LogP contribution in [0.15, 0.2) is 58.3 Å². The molecule has 0 N–H and O–H groups in total. The van der Waals surface area contributed by atoms with Crippen molar-refractivity contribution >= 4 is 58.4 Å². The summed E-state index contributed by atoms with van der Waals surface area (Å²) >= 11 is 5.12. The smallest absolute Gasteiger partial charge is 0.160 e. The van der Waals surface area contributed by atoms with E-state index in [1.54, 1.807) is 22.7 Å². The fraction of sp³-hybridized carbons (Fsp3) is 0.476. The summed E-state index contributed by atoms with van der Waals surface area (Å²) in [7, 11) is 0. The fourth-order valence-corrected chi connectivity index (χ4v) is 10.0. The third-order valence-corrected chi connectivity index (χ3v) is 13.2. The van der Waals surface area contributed by atoms with Gasteiger partial charge in [0.1, 0.15) is 0 Å². The van der Waals surface area contributed by atoms with E-state index in [1.165, 1.54) is 117 Å². The van der Waals surface area contributed by atoms with Crippen molar-refractivity contribution in [3.8, 4) is 20.9 Å². The Morgan fingerprint density at radius 2 is 1.12 bits per heavy atom. The zero-order valence-electron chi connectivity index (χ0n) is 29.4. The maximum atomic E-state index is 12.0. The number of hydrogen-bond donors (Lipinski definition) is 0. The summed E-state index contributed by atoms with van der Waals surface area (Å²) in [5, 5.41) is 0. The minimum Gasteiger partial charge on any atom is -0.339 e. The Balaban J connectivity index is 1.48. The third-order valence-electron chi connectivity index (χ3n) is 9.77. The summed E-state index contributed by atoms with van der Waals surface area (Å²) in [5.74, 6) is 0.624. The summed E-state index contributed by atoms with van der Waals surface area (Å²) in [6.45, 7) is 10.1. The molecule has 2 aromatic carbocycles. The molecule has 1 aliphatic heterocycles. The third kappa shape index (κ3) is 8.91.